The summed E-state index contributed by atoms with van der Waals surface area (Å²) in [4.78, 5) is 88.4. The first-order valence-electron chi connectivity index (χ1n) is 14.9. The zero-order chi connectivity index (χ0) is 34.8. The number of carbonyl (C=O) groups is 7. The zero-order valence-corrected chi connectivity index (χ0v) is 27.1. The predicted octanol–water partition coefficient (Wildman–Crippen LogP) is 1.49. The van der Waals surface area contributed by atoms with E-state index in [0.717, 1.165) is 19.8 Å². The minimum absolute atomic E-state index is 0.0419. The van der Waals surface area contributed by atoms with Crippen LogP contribution in [0.3, 0.4) is 0 Å². The molecule has 0 saturated heterocycles. The molecule has 4 unspecified atom stereocenters. The zero-order valence-electron chi connectivity index (χ0n) is 27.1. The Morgan fingerprint density at radius 3 is 1.89 bits per heavy atom. The first kappa shape index (κ1) is 39.5. The number of ether oxygens (including phenoxy) is 3. The fourth-order valence-electron chi connectivity index (χ4n) is 4.13. The Morgan fingerprint density at radius 2 is 1.35 bits per heavy atom. The van der Waals surface area contributed by atoms with Gasteiger partial charge in [0.15, 0.2) is 5.78 Å². The van der Waals surface area contributed by atoms with Gasteiger partial charge >= 0.3 is 18.0 Å². The van der Waals surface area contributed by atoms with Crippen LogP contribution in [0.5, 0.6) is 0 Å². The van der Waals surface area contributed by atoms with Crippen LogP contribution in [-0.4, -0.2) is 86.6 Å². The number of nitrogens with one attached hydrogen (secondary N) is 4. The predicted molar refractivity (Wildman–Crippen MR) is 163 cm³/mol. The van der Waals surface area contributed by atoms with Gasteiger partial charge in [0.25, 0.3) is 0 Å². The van der Waals surface area contributed by atoms with Crippen molar-refractivity contribution in [2.45, 2.75) is 84.2 Å². The number of esters is 2. The summed E-state index contributed by atoms with van der Waals surface area (Å²) >= 11 is 0. The van der Waals surface area contributed by atoms with Gasteiger partial charge in [-0.2, -0.15) is 0 Å². The molecule has 0 aromatic heterocycles. The Kier molecular flexibility index (Phi) is 17.6. The first-order chi connectivity index (χ1) is 21.8. The number of methoxy groups -OCH3 is 2. The molecule has 4 amide bonds. The summed E-state index contributed by atoms with van der Waals surface area (Å²) in [5, 5.41) is 9.87. The maximum absolute atomic E-state index is 13.5. The van der Waals surface area contributed by atoms with Crippen LogP contribution in [0.25, 0.3) is 0 Å². The van der Waals surface area contributed by atoms with Crippen molar-refractivity contribution in [1.82, 2.24) is 21.3 Å². The second kappa shape index (κ2) is 20.5. The van der Waals surface area contributed by atoms with Gasteiger partial charge in [-0.3, -0.25) is 28.8 Å². The third-order valence-electron chi connectivity index (χ3n) is 7.16. The van der Waals surface area contributed by atoms with Crippen LogP contribution in [0.15, 0.2) is 30.3 Å². The molecule has 0 aliphatic carbocycles. The van der Waals surface area contributed by atoms with Crippen LogP contribution in [0, 0.1) is 11.8 Å². The molecule has 4 N–H and O–H groups in total. The molecule has 0 fully saturated rings. The molecule has 0 heterocycles. The smallest absolute Gasteiger partial charge is 0.408 e. The van der Waals surface area contributed by atoms with E-state index >= 15 is 0 Å². The Balaban J connectivity index is 3.15. The van der Waals surface area contributed by atoms with Gasteiger partial charge in [0.2, 0.25) is 17.7 Å². The number of amides is 4. The van der Waals surface area contributed by atoms with Crippen molar-refractivity contribution in [3.05, 3.63) is 35.9 Å². The molecule has 0 aliphatic rings. The summed E-state index contributed by atoms with van der Waals surface area (Å²) in [6.45, 7) is 5.21. The van der Waals surface area contributed by atoms with Crippen LogP contribution in [0.2, 0.25) is 0 Å². The summed E-state index contributed by atoms with van der Waals surface area (Å²) in [7, 11) is 2.22. The van der Waals surface area contributed by atoms with Gasteiger partial charge in [-0.05, 0) is 23.8 Å². The quantitative estimate of drug-likeness (QED) is 0.126. The molecule has 0 aliphatic heterocycles. The minimum atomic E-state index is -1.54. The summed E-state index contributed by atoms with van der Waals surface area (Å²) in [5.41, 5.74) is 0.730. The number of hydrogen-bond donors (Lipinski definition) is 4. The number of Topliss-reactive ketones (excluding diaryl/α,β-unsaturated/α-hetero) is 1. The van der Waals surface area contributed by atoms with Crippen molar-refractivity contribution in [2.75, 3.05) is 20.9 Å². The highest BCUT2D eigenvalue weighted by molar-refractivity contribution is 5.97. The van der Waals surface area contributed by atoms with Crippen LogP contribution in [0.4, 0.5) is 9.18 Å². The van der Waals surface area contributed by atoms with E-state index in [9.17, 15) is 38.0 Å². The van der Waals surface area contributed by atoms with Gasteiger partial charge in [0.1, 0.15) is 37.4 Å². The first-order valence-corrected chi connectivity index (χ1v) is 14.9. The second-order valence-corrected chi connectivity index (χ2v) is 10.9. The van der Waals surface area contributed by atoms with Gasteiger partial charge in [0.05, 0.1) is 20.6 Å². The lowest BCUT2D eigenvalue weighted by Crippen LogP contribution is -2.59. The van der Waals surface area contributed by atoms with Crippen molar-refractivity contribution in [3.8, 4) is 0 Å². The molecule has 0 saturated carbocycles. The van der Waals surface area contributed by atoms with E-state index in [1.807, 2.05) is 6.07 Å². The average Bonchev–Trinajstić information content (AvgIpc) is 3.05. The third kappa shape index (κ3) is 13.6. The van der Waals surface area contributed by atoms with Crippen LogP contribution in [0.1, 0.15) is 58.9 Å². The second-order valence-electron chi connectivity index (χ2n) is 10.9. The Bertz CT molecular complexity index is 1200. The third-order valence-corrected chi connectivity index (χ3v) is 7.16. The summed E-state index contributed by atoms with van der Waals surface area (Å²) < 4.78 is 27.6. The van der Waals surface area contributed by atoms with E-state index in [1.54, 1.807) is 52.0 Å². The van der Waals surface area contributed by atoms with Crippen LogP contribution in [-0.2, 0) is 49.6 Å². The van der Waals surface area contributed by atoms with Crippen LogP contribution < -0.4 is 21.3 Å². The van der Waals surface area contributed by atoms with E-state index in [0.29, 0.717) is 6.42 Å². The van der Waals surface area contributed by atoms with Gasteiger partial charge in [-0.15, -0.1) is 0 Å². The highest BCUT2D eigenvalue weighted by Gasteiger charge is 2.35. The van der Waals surface area contributed by atoms with Crippen molar-refractivity contribution in [3.63, 3.8) is 0 Å². The molecular formula is C31H45FN4O10. The van der Waals surface area contributed by atoms with Crippen molar-refractivity contribution in [1.29, 1.82) is 0 Å². The average molecular weight is 653 g/mol. The molecular weight excluding hydrogens is 607 g/mol. The molecule has 0 radical (unpaired) electrons. The normalized spacial score (nSPS) is 14.0. The van der Waals surface area contributed by atoms with Crippen molar-refractivity contribution < 1.29 is 52.2 Å². The molecule has 15 heteroatoms. The number of alkyl halides is 1. The summed E-state index contributed by atoms with van der Waals surface area (Å²) in [6, 6.07) is 3.55. The largest absolute Gasteiger partial charge is 0.469 e. The Labute approximate surface area is 267 Å². The molecule has 1 aromatic carbocycles. The van der Waals surface area contributed by atoms with Gasteiger partial charge in [-0.25, -0.2) is 9.18 Å². The molecule has 46 heavy (non-hydrogen) atoms. The number of benzene rings is 1. The lowest BCUT2D eigenvalue weighted by molar-refractivity contribution is -0.144. The molecule has 0 bridgehead atoms. The molecule has 14 nitrogen and oxygen atoms in total. The molecule has 1 rings (SSSR count). The monoisotopic (exact) mass is 652 g/mol. The van der Waals surface area contributed by atoms with E-state index in [-0.39, 0.29) is 19.4 Å². The topological polar surface area (TPSA) is 195 Å². The van der Waals surface area contributed by atoms with E-state index in [2.05, 4.69) is 30.7 Å². The van der Waals surface area contributed by atoms with E-state index in [1.165, 1.54) is 0 Å². The summed E-state index contributed by atoms with van der Waals surface area (Å²) in [5.74, 6) is -6.05. The van der Waals surface area contributed by atoms with Crippen LogP contribution >= 0.6 is 0 Å². The molecule has 256 valence electrons. The van der Waals surface area contributed by atoms with Gasteiger partial charge < -0.3 is 35.5 Å². The number of hydrogen-bond acceptors (Lipinski definition) is 10. The fourth-order valence-corrected chi connectivity index (χ4v) is 4.13. The SMILES string of the molecule is CC[C@H](C)C(NC(=O)C(CCC(=O)OC)NC(=O)C(NC(=O)OCc1ccccc1)C(C)C)C(=O)NC(CC(=O)OC)C(=O)CF. The number of alkyl carbamates (subject to hydrolysis) is 1. The minimum Gasteiger partial charge on any atom is -0.469 e. The number of rotatable bonds is 19. The van der Waals surface area contributed by atoms with E-state index in [4.69, 9.17) is 4.74 Å². The Hall–Kier alpha value is -4.56. The number of carbonyl (C=O) groups excluding carboxylic acids is 7. The van der Waals surface area contributed by atoms with Crippen molar-refractivity contribution >= 4 is 41.5 Å². The number of halogens is 1. The maximum atomic E-state index is 13.5. The Morgan fingerprint density at radius 1 is 0.761 bits per heavy atom. The van der Waals surface area contributed by atoms with Gasteiger partial charge in [0, 0.05) is 6.42 Å². The summed E-state index contributed by atoms with van der Waals surface area (Å²) in [6.07, 6.45) is -1.62. The lowest BCUT2D eigenvalue weighted by Gasteiger charge is -2.29. The number of ketones is 1. The lowest BCUT2D eigenvalue weighted by atomic mass is 9.96. The standard InChI is InChI=1S/C31H45FN4O10/c1-7-19(4)27(30(42)34-22(23(37)16-32)15-25(39)45-6)35-28(40)21(13-14-24(38)44-5)33-29(41)26(18(2)3)36-31(43)46-17-20-11-9-8-10-12-20/h8-12,18-19,21-22,26-27H,7,13-17H2,1-6H3,(H,33,41)(H,34,42)(H,35,40)(H,36,43)/t19-,21?,22?,26?,27?/m0/s1. The van der Waals surface area contributed by atoms with Gasteiger partial charge in [-0.1, -0.05) is 64.4 Å². The molecule has 0 spiro atoms. The fraction of sp³-hybridized carbons (Fsp3) is 0.581. The maximum Gasteiger partial charge on any atom is 0.408 e. The highest BCUT2D eigenvalue weighted by atomic mass is 19.1. The molecule has 1 aromatic rings. The van der Waals surface area contributed by atoms with Crippen molar-refractivity contribution in [2.24, 2.45) is 11.8 Å². The molecule has 5 atom stereocenters. The highest BCUT2D eigenvalue weighted by Crippen LogP contribution is 2.12. The van der Waals surface area contributed by atoms with E-state index < -0.39 is 90.6 Å².